The third kappa shape index (κ3) is 3.49. The largest absolute Gasteiger partial charge is 0.394 e. The summed E-state index contributed by atoms with van der Waals surface area (Å²) in [6, 6.07) is 0. The van der Waals surface area contributed by atoms with Crippen molar-refractivity contribution < 1.29 is 28.1 Å². The lowest BCUT2D eigenvalue weighted by atomic mass is 10.2. The molecule has 1 fully saturated rings. The molecule has 2 rings (SSSR count). The van der Waals surface area contributed by atoms with Crippen LogP contribution in [-0.4, -0.2) is 50.0 Å². The zero-order valence-corrected chi connectivity index (χ0v) is 10.5. The van der Waals surface area contributed by atoms with Gasteiger partial charge in [0.1, 0.15) is 11.8 Å². The van der Waals surface area contributed by atoms with E-state index in [0.717, 1.165) is 0 Å². The van der Waals surface area contributed by atoms with Crippen molar-refractivity contribution >= 4 is 0 Å². The van der Waals surface area contributed by atoms with Crippen molar-refractivity contribution in [2.75, 3.05) is 6.61 Å². The van der Waals surface area contributed by atoms with E-state index in [4.69, 9.17) is 9.84 Å². The number of aliphatic hydroxyl groups excluding tert-OH is 2. The summed E-state index contributed by atoms with van der Waals surface area (Å²) in [4.78, 5) is 24.6. The Morgan fingerprint density at radius 2 is 2.10 bits per heavy atom. The van der Waals surface area contributed by atoms with Gasteiger partial charge in [-0.05, 0) is 0 Å². The molecule has 11 heteroatoms. The number of rotatable bonds is 3. The van der Waals surface area contributed by atoms with E-state index >= 15 is 0 Å². The van der Waals surface area contributed by atoms with Gasteiger partial charge < -0.3 is 14.9 Å². The van der Waals surface area contributed by atoms with Gasteiger partial charge in [0.25, 0.3) is 5.56 Å². The monoisotopic (exact) mass is 311 g/mol. The van der Waals surface area contributed by atoms with Gasteiger partial charge in [0.2, 0.25) is 0 Å². The van der Waals surface area contributed by atoms with Gasteiger partial charge in [-0.1, -0.05) is 0 Å². The molecule has 3 N–H and O–H groups in total. The number of aromatic amines is 1. The number of hydrogen-bond donors (Lipinski definition) is 3. The topological polar surface area (TPSA) is 117 Å². The van der Waals surface area contributed by atoms with E-state index in [9.17, 15) is 27.9 Å². The Bertz CT molecular complexity index is 626. The smallest absolute Gasteiger partial charge is 0.394 e. The molecule has 1 aliphatic rings. The second kappa shape index (κ2) is 5.58. The van der Waals surface area contributed by atoms with E-state index < -0.39 is 54.6 Å². The molecule has 0 bridgehead atoms. The summed E-state index contributed by atoms with van der Waals surface area (Å²) in [7, 11) is 0. The fraction of sp³-hybridized carbons (Fsp3) is 0.700. The predicted octanol–water partition coefficient (Wildman–Crippen LogP) is -1.32. The van der Waals surface area contributed by atoms with Gasteiger partial charge >= 0.3 is 11.9 Å². The van der Waals surface area contributed by atoms with Crippen LogP contribution in [0.25, 0.3) is 0 Å². The third-order valence-corrected chi connectivity index (χ3v) is 2.94. The molecule has 8 nitrogen and oxygen atoms in total. The van der Waals surface area contributed by atoms with E-state index in [1.54, 1.807) is 4.98 Å². The Morgan fingerprint density at radius 3 is 2.62 bits per heavy atom. The minimum Gasteiger partial charge on any atom is -0.394 e. The molecule has 1 saturated heterocycles. The van der Waals surface area contributed by atoms with Crippen LogP contribution >= 0.6 is 0 Å². The standard InChI is InChI=1S/C10H12F3N3O5/c11-10(12,13)2-4-8(19)14-9(20)16(15-4)7-1-5(18)6(3-17)21-7/h5-7,17-18H,1-3H2,(H,14,19,20)/t5-,6+,7-/m0/s1. The maximum Gasteiger partial charge on any atom is 0.394 e. The Kier molecular flexibility index (Phi) is 4.16. The maximum atomic E-state index is 12.3. The summed E-state index contributed by atoms with van der Waals surface area (Å²) in [5, 5.41) is 21.8. The summed E-state index contributed by atoms with van der Waals surface area (Å²) in [5.41, 5.74) is -3.17. The second-order valence-corrected chi connectivity index (χ2v) is 4.56. The first kappa shape index (κ1) is 15.7. The van der Waals surface area contributed by atoms with E-state index in [1.807, 2.05) is 0 Å². The van der Waals surface area contributed by atoms with Crippen LogP contribution in [0.2, 0.25) is 0 Å². The molecule has 0 aromatic carbocycles. The fourth-order valence-electron chi connectivity index (χ4n) is 1.98. The normalized spacial score (nSPS) is 26.2. The van der Waals surface area contributed by atoms with Gasteiger partial charge in [0.05, 0.1) is 19.1 Å². The van der Waals surface area contributed by atoms with Crippen molar-refractivity contribution in [3.63, 3.8) is 0 Å². The molecule has 1 aromatic heterocycles. The number of aromatic nitrogens is 3. The van der Waals surface area contributed by atoms with E-state index in [0.29, 0.717) is 4.68 Å². The Hall–Kier alpha value is -1.72. The number of H-pyrrole nitrogens is 1. The zero-order chi connectivity index (χ0) is 15.8. The van der Waals surface area contributed by atoms with Gasteiger partial charge in [0, 0.05) is 6.42 Å². The maximum absolute atomic E-state index is 12.3. The number of aliphatic hydroxyl groups is 2. The lowest BCUT2D eigenvalue weighted by Crippen LogP contribution is -2.38. The molecule has 0 aliphatic carbocycles. The second-order valence-electron chi connectivity index (χ2n) is 4.56. The lowest BCUT2D eigenvalue weighted by molar-refractivity contribution is -0.128. The van der Waals surface area contributed by atoms with Crippen LogP contribution in [0.4, 0.5) is 13.2 Å². The van der Waals surface area contributed by atoms with Crippen molar-refractivity contribution in [2.24, 2.45) is 0 Å². The van der Waals surface area contributed by atoms with Crippen LogP contribution < -0.4 is 11.2 Å². The van der Waals surface area contributed by atoms with Crippen molar-refractivity contribution in [1.82, 2.24) is 14.8 Å². The Morgan fingerprint density at radius 1 is 1.43 bits per heavy atom. The van der Waals surface area contributed by atoms with Gasteiger partial charge in [-0.25, -0.2) is 4.79 Å². The number of halogens is 3. The zero-order valence-electron chi connectivity index (χ0n) is 10.5. The lowest BCUT2D eigenvalue weighted by Gasteiger charge is -2.14. The molecular formula is C10H12F3N3O5. The van der Waals surface area contributed by atoms with Gasteiger partial charge in [-0.2, -0.15) is 23.0 Å². The molecule has 21 heavy (non-hydrogen) atoms. The molecule has 0 saturated carbocycles. The van der Waals surface area contributed by atoms with Crippen LogP contribution in [0.1, 0.15) is 18.3 Å². The molecule has 0 amide bonds. The first-order chi connectivity index (χ1) is 9.71. The summed E-state index contributed by atoms with van der Waals surface area (Å²) >= 11 is 0. The molecule has 2 heterocycles. The average molecular weight is 311 g/mol. The van der Waals surface area contributed by atoms with Crippen LogP contribution in [0.5, 0.6) is 0 Å². The highest BCUT2D eigenvalue weighted by atomic mass is 19.4. The van der Waals surface area contributed by atoms with Crippen molar-refractivity contribution in [3.8, 4) is 0 Å². The first-order valence-electron chi connectivity index (χ1n) is 5.94. The highest BCUT2D eigenvalue weighted by molar-refractivity contribution is 4.96. The number of nitrogens with zero attached hydrogens (tertiary/aromatic N) is 2. The third-order valence-electron chi connectivity index (χ3n) is 2.94. The fourth-order valence-corrected chi connectivity index (χ4v) is 1.98. The van der Waals surface area contributed by atoms with Gasteiger partial charge in [-0.15, -0.1) is 0 Å². The molecule has 0 spiro atoms. The molecule has 1 aromatic rings. The van der Waals surface area contributed by atoms with Crippen LogP contribution in [-0.2, 0) is 11.2 Å². The molecule has 1 aliphatic heterocycles. The van der Waals surface area contributed by atoms with Gasteiger partial charge in [0.15, 0.2) is 6.23 Å². The molecule has 118 valence electrons. The Labute approximate surface area is 114 Å². The summed E-state index contributed by atoms with van der Waals surface area (Å²) < 4.78 is 42.6. The summed E-state index contributed by atoms with van der Waals surface area (Å²) in [5.74, 6) is 0. The van der Waals surface area contributed by atoms with Gasteiger partial charge in [-0.3, -0.25) is 9.78 Å². The number of hydrogen-bond acceptors (Lipinski definition) is 6. The van der Waals surface area contributed by atoms with E-state index in [1.165, 1.54) is 0 Å². The Balaban J connectivity index is 2.35. The van der Waals surface area contributed by atoms with Crippen molar-refractivity contribution in [1.29, 1.82) is 0 Å². The van der Waals surface area contributed by atoms with E-state index in [-0.39, 0.29) is 6.42 Å². The number of alkyl halides is 3. The molecule has 3 atom stereocenters. The highest BCUT2D eigenvalue weighted by Crippen LogP contribution is 2.26. The SMILES string of the molecule is O=c1[nH]c(=O)n([C@@H]2C[C@H](O)[C@@H](CO)O2)nc1CC(F)(F)F. The quantitative estimate of drug-likeness (QED) is 0.637. The van der Waals surface area contributed by atoms with Crippen LogP contribution in [0.15, 0.2) is 9.59 Å². The van der Waals surface area contributed by atoms with Crippen LogP contribution in [0.3, 0.4) is 0 Å². The number of ether oxygens (including phenoxy) is 1. The predicted molar refractivity (Wildman–Crippen MR) is 60.5 cm³/mol. The van der Waals surface area contributed by atoms with Crippen molar-refractivity contribution in [2.45, 2.75) is 37.5 Å². The van der Waals surface area contributed by atoms with E-state index in [2.05, 4.69) is 5.10 Å². The summed E-state index contributed by atoms with van der Waals surface area (Å²) in [6.45, 7) is -0.523. The van der Waals surface area contributed by atoms with Crippen LogP contribution in [0, 0.1) is 0 Å². The molecule has 0 unspecified atom stereocenters. The van der Waals surface area contributed by atoms with Crippen molar-refractivity contribution in [3.05, 3.63) is 26.5 Å². The molecule has 0 radical (unpaired) electrons. The average Bonchev–Trinajstić information content (AvgIpc) is 2.72. The summed E-state index contributed by atoms with van der Waals surface area (Å²) in [6.07, 6.45) is -9.62. The first-order valence-corrected chi connectivity index (χ1v) is 5.94. The number of nitrogens with one attached hydrogen (secondary N) is 1. The highest BCUT2D eigenvalue weighted by Gasteiger charge is 2.37. The molecular weight excluding hydrogens is 299 g/mol. The minimum atomic E-state index is -4.66. The minimum absolute atomic E-state index is 0.143.